The molecular weight excluding hydrogens is 248 g/mol. The van der Waals surface area contributed by atoms with E-state index in [1.54, 1.807) is 19.1 Å². The van der Waals surface area contributed by atoms with E-state index < -0.39 is 11.9 Å². The fourth-order valence-corrected chi connectivity index (χ4v) is 1.71. The van der Waals surface area contributed by atoms with Crippen LogP contribution in [-0.2, 0) is 4.79 Å². The first-order chi connectivity index (χ1) is 8.90. The Morgan fingerprint density at radius 2 is 1.63 bits per heavy atom. The third kappa shape index (κ3) is 3.53. The second-order valence-corrected chi connectivity index (χ2v) is 4.47. The Kier molecular flexibility index (Phi) is 5.03. The van der Waals surface area contributed by atoms with Crippen molar-refractivity contribution in [1.29, 1.82) is 0 Å². The molecule has 0 radical (unpaired) electrons. The number of hydrogen-bond acceptors (Lipinski definition) is 4. The molecule has 19 heavy (non-hydrogen) atoms. The van der Waals surface area contributed by atoms with Crippen LogP contribution in [0.5, 0.6) is 17.2 Å². The minimum atomic E-state index is -0.919. The number of rotatable bonds is 6. The van der Waals surface area contributed by atoms with Gasteiger partial charge in [0.15, 0.2) is 11.5 Å². The van der Waals surface area contributed by atoms with E-state index in [1.807, 2.05) is 13.8 Å². The van der Waals surface area contributed by atoms with Crippen molar-refractivity contribution in [2.45, 2.75) is 32.8 Å². The molecule has 1 aromatic carbocycles. The summed E-state index contributed by atoms with van der Waals surface area (Å²) in [6, 6.07) is 3.31. The zero-order valence-electron chi connectivity index (χ0n) is 11.9. The van der Waals surface area contributed by atoms with Gasteiger partial charge in [-0.3, -0.25) is 4.79 Å². The van der Waals surface area contributed by atoms with Crippen LogP contribution in [-0.4, -0.2) is 31.4 Å². The summed E-state index contributed by atoms with van der Waals surface area (Å²) in [4.78, 5) is 11.1. The highest BCUT2D eigenvalue weighted by atomic mass is 16.5. The first-order valence-electron chi connectivity index (χ1n) is 6.06. The van der Waals surface area contributed by atoms with Crippen molar-refractivity contribution in [3.05, 3.63) is 17.7 Å². The van der Waals surface area contributed by atoms with Gasteiger partial charge in [0.2, 0.25) is 0 Å². The zero-order valence-corrected chi connectivity index (χ0v) is 11.9. The maximum absolute atomic E-state index is 11.1. The average molecular weight is 268 g/mol. The van der Waals surface area contributed by atoms with Crippen molar-refractivity contribution in [1.82, 2.24) is 0 Å². The average Bonchev–Trinajstić information content (AvgIpc) is 2.36. The van der Waals surface area contributed by atoms with Crippen molar-refractivity contribution >= 4 is 5.97 Å². The molecule has 0 saturated heterocycles. The van der Waals surface area contributed by atoms with Crippen molar-refractivity contribution in [2.24, 2.45) is 0 Å². The van der Waals surface area contributed by atoms with Crippen LogP contribution in [0.1, 0.15) is 32.3 Å². The SMILES string of the molecule is COc1cc(C(C)C(=O)O)c(OC)cc1OC(C)C. The van der Waals surface area contributed by atoms with Crippen LogP contribution in [0.4, 0.5) is 0 Å². The summed E-state index contributed by atoms with van der Waals surface area (Å²) in [5, 5.41) is 9.11. The molecular formula is C14H20O5. The van der Waals surface area contributed by atoms with Crippen LogP contribution in [0.3, 0.4) is 0 Å². The summed E-state index contributed by atoms with van der Waals surface area (Å²) in [7, 11) is 3.02. The first-order valence-corrected chi connectivity index (χ1v) is 6.06. The Bertz CT molecular complexity index is 453. The summed E-state index contributed by atoms with van der Waals surface area (Å²) < 4.78 is 16.1. The Hall–Kier alpha value is -1.91. The predicted octanol–water partition coefficient (Wildman–Crippen LogP) is 2.68. The van der Waals surface area contributed by atoms with E-state index in [0.717, 1.165) is 0 Å². The molecule has 0 spiro atoms. The maximum Gasteiger partial charge on any atom is 0.310 e. The van der Waals surface area contributed by atoms with Gasteiger partial charge >= 0.3 is 5.97 Å². The van der Waals surface area contributed by atoms with Gasteiger partial charge in [0.25, 0.3) is 0 Å². The summed E-state index contributed by atoms with van der Waals surface area (Å²) in [5.41, 5.74) is 0.558. The third-order valence-corrected chi connectivity index (χ3v) is 2.72. The van der Waals surface area contributed by atoms with Gasteiger partial charge in [0.05, 0.1) is 26.2 Å². The lowest BCUT2D eigenvalue weighted by atomic mass is 9.99. The van der Waals surface area contributed by atoms with Crippen LogP contribution in [0, 0.1) is 0 Å². The van der Waals surface area contributed by atoms with Gasteiger partial charge in [-0.05, 0) is 26.8 Å². The number of carboxylic acid groups (broad SMARTS) is 1. The molecule has 0 fully saturated rings. The molecule has 106 valence electrons. The molecule has 0 amide bonds. The molecule has 0 aliphatic rings. The number of carbonyl (C=O) groups is 1. The molecule has 0 aromatic heterocycles. The number of aliphatic carboxylic acids is 1. The molecule has 1 rings (SSSR count). The molecule has 1 atom stereocenters. The Labute approximate surface area is 113 Å². The highest BCUT2D eigenvalue weighted by Crippen LogP contribution is 2.38. The van der Waals surface area contributed by atoms with Gasteiger partial charge in [-0.25, -0.2) is 0 Å². The minimum Gasteiger partial charge on any atom is -0.496 e. The molecule has 5 nitrogen and oxygen atoms in total. The topological polar surface area (TPSA) is 65.0 Å². The molecule has 1 aromatic rings. The number of methoxy groups -OCH3 is 2. The fraction of sp³-hybridized carbons (Fsp3) is 0.500. The third-order valence-electron chi connectivity index (χ3n) is 2.72. The van der Waals surface area contributed by atoms with Crippen LogP contribution < -0.4 is 14.2 Å². The molecule has 0 saturated carbocycles. The van der Waals surface area contributed by atoms with E-state index in [-0.39, 0.29) is 6.10 Å². The summed E-state index contributed by atoms with van der Waals surface area (Å²) in [6.07, 6.45) is -0.0126. The number of carboxylic acids is 1. The van der Waals surface area contributed by atoms with Crippen LogP contribution >= 0.6 is 0 Å². The second-order valence-electron chi connectivity index (χ2n) is 4.47. The standard InChI is InChI=1S/C14H20O5/c1-8(2)19-13-7-11(17-4)10(6-12(13)18-5)9(3)14(15)16/h6-9H,1-5H3,(H,15,16). The summed E-state index contributed by atoms with van der Waals surface area (Å²) in [6.45, 7) is 5.40. The molecule has 1 N–H and O–H groups in total. The minimum absolute atomic E-state index is 0.0126. The van der Waals surface area contributed by atoms with E-state index >= 15 is 0 Å². The van der Waals surface area contributed by atoms with E-state index in [2.05, 4.69) is 0 Å². The number of benzene rings is 1. The van der Waals surface area contributed by atoms with Gasteiger partial charge in [0, 0.05) is 11.6 Å². The van der Waals surface area contributed by atoms with Gasteiger partial charge < -0.3 is 19.3 Å². The van der Waals surface area contributed by atoms with E-state index in [4.69, 9.17) is 19.3 Å². The molecule has 0 aliphatic heterocycles. The molecule has 1 unspecified atom stereocenters. The van der Waals surface area contributed by atoms with Crippen molar-refractivity contribution in [3.8, 4) is 17.2 Å². The van der Waals surface area contributed by atoms with Gasteiger partial charge in [-0.15, -0.1) is 0 Å². The Balaban J connectivity index is 3.30. The van der Waals surface area contributed by atoms with Gasteiger partial charge in [-0.2, -0.15) is 0 Å². The Morgan fingerprint density at radius 1 is 1.05 bits per heavy atom. The highest BCUT2D eigenvalue weighted by molar-refractivity contribution is 5.77. The lowest BCUT2D eigenvalue weighted by Crippen LogP contribution is -2.11. The highest BCUT2D eigenvalue weighted by Gasteiger charge is 2.22. The second kappa shape index (κ2) is 6.31. The smallest absolute Gasteiger partial charge is 0.310 e. The van der Waals surface area contributed by atoms with E-state index in [0.29, 0.717) is 22.8 Å². The molecule has 0 heterocycles. The van der Waals surface area contributed by atoms with Gasteiger partial charge in [-0.1, -0.05) is 0 Å². The van der Waals surface area contributed by atoms with E-state index in [9.17, 15) is 4.79 Å². The molecule has 0 bridgehead atoms. The van der Waals surface area contributed by atoms with Crippen molar-refractivity contribution in [2.75, 3.05) is 14.2 Å². The lowest BCUT2D eigenvalue weighted by Gasteiger charge is -2.18. The van der Waals surface area contributed by atoms with Crippen LogP contribution in [0.2, 0.25) is 0 Å². The normalized spacial score (nSPS) is 12.1. The zero-order chi connectivity index (χ0) is 14.6. The lowest BCUT2D eigenvalue weighted by molar-refractivity contribution is -0.138. The predicted molar refractivity (Wildman–Crippen MR) is 71.4 cm³/mol. The van der Waals surface area contributed by atoms with Crippen molar-refractivity contribution < 1.29 is 24.1 Å². The van der Waals surface area contributed by atoms with Gasteiger partial charge in [0.1, 0.15) is 5.75 Å². The fourth-order valence-electron chi connectivity index (χ4n) is 1.71. The monoisotopic (exact) mass is 268 g/mol. The Morgan fingerprint density at radius 3 is 2.05 bits per heavy atom. The van der Waals surface area contributed by atoms with Crippen LogP contribution in [0.25, 0.3) is 0 Å². The summed E-state index contributed by atoms with van der Waals surface area (Å²) in [5.74, 6) is -0.0885. The molecule has 5 heteroatoms. The quantitative estimate of drug-likeness (QED) is 0.859. The number of hydrogen-bond donors (Lipinski definition) is 1. The maximum atomic E-state index is 11.1. The van der Waals surface area contributed by atoms with Crippen LogP contribution in [0.15, 0.2) is 12.1 Å². The summed E-state index contributed by atoms with van der Waals surface area (Å²) >= 11 is 0. The molecule has 0 aliphatic carbocycles. The van der Waals surface area contributed by atoms with E-state index in [1.165, 1.54) is 14.2 Å². The largest absolute Gasteiger partial charge is 0.496 e. The first kappa shape index (κ1) is 15.1. The van der Waals surface area contributed by atoms with Crippen molar-refractivity contribution in [3.63, 3.8) is 0 Å². The number of ether oxygens (including phenoxy) is 3.